The number of benzene rings is 1. The molecule has 1 saturated carbocycles. The van der Waals surface area contributed by atoms with Gasteiger partial charge in [0, 0.05) is 17.6 Å². The first-order chi connectivity index (χ1) is 8.06. The summed E-state index contributed by atoms with van der Waals surface area (Å²) in [6.07, 6.45) is 2.00. The summed E-state index contributed by atoms with van der Waals surface area (Å²) in [6.45, 7) is 0.352. The Morgan fingerprint density at radius 1 is 1.53 bits per heavy atom. The molecule has 92 valence electrons. The summed E-state index contributed by atoms with van der Waals surface area (Å²) < 4.78 is 13.1. The van der Waals surface area contributed by atoms with Crippen LogP contribution in [0.15, 0.2) is 18.2 Å². The van der Waals surface area contributed by atoms with Crippen LogP contribution in [-0.4, -0.2) is 28.6 Å². The average Bonchev–Trinajstić information content (AvgIpc) is 3.05. The summed E-state index contributed by atoms with van der Waals surface area (Å²) >= 11 is 5.96. The van der Waals surface area contributed by atoms with Gasteiger partial charge < -0.3 is 5.11 Å². The summed E-state index contributed by atoms with van der Waals surface area (Å²) in [6, 6.07) is 4.45. The summed E-state index contributed by atoms with van der Waals surface area (Å²) in [5, 5.41) is 9.29. The van der Waals surface area contributed by atoms with Gasteiger partial charge in [-0.05, 0) is 36.6 Å². The van der Waals surface area contributed by atoms with Crippen LogP contribution >= 0.6 is 11.6 Å². The maximum atomic E-state index is 13.1. The van der Waals surface area contributed by atoms with Gasteiger partial charge in [0.05, 0.1) is 6.54 Å². The molecule has 0 spiro atoms. The van der Waals surface area contributed by atoms with Gasteiger partial charge >= 0.3 is 5.97 Å². The number of hydrogen-bond acceptors (Lipinski definition) is 2. The minimum absolute atomic E-state index is 0.0302. The van der Waals surface area contributed by atoms with Crippen molar-refractivity contribution < 1.29 is 14.3 Å². The van der Waals surface area contributed by atoms with Crippen molar-refractivity contribution in [3.8, 4) is 0 Å². The Labute approximate surface area is 104 Å². The summed E-state index contributed by atoms with van der Waals surface area (Å²) in [4.78, 5) is 12.6. The predicted octanol–water partition coefficient (Wildman–Crippen LogP) is 2.53. The molecule has 0 radical (unpaired) electrons. The fourth-order valence-corrected chi connectivity index (χ4v) is 1.99. The van der Waals surface area contributed by atoms with E-state index in [0.29, 0.717) is 23.2 Å². The zero-order valence-corrected chi connectivity index (χ0v) is 9.95. The molecule has 0 unspecified atom stereocenters. The van der Waals surface area contributed by atoms with E-state index in [1.165, 1.54) is 18.2 Å². The second-order valence-electron chi connectivity index (χ2n) is 4.27. The van der Waals surface area contributed by atoms with Gasteiger partial charge in [-0.15, -0.1) is 0 Å². The predicted molar refractivity (Wildman–Crippen MR) is 62.5 cm³/mol. The monoisotopic (exact) mass is 257 g/mol. The number of hydrogen-bond donors (Lipinski definition) is 1. The van der Waals surface area contributed by atoms with Crippen LogP contribution in [0, 0.1) is 5.82 Å². The van der Waals surface area contributed by atoms with E-state index < -0.39 is 5.97 Å². The van der Waals surface area contributed by atoms with Crippen molar-refractivity contribution in [1.29, 1.82) is 0 Å². The zero-order valence-electron chi connectivity index (χ0n) is 9.20. The van der Waals surface area contributed by atoms with Crippen molar-refractivity contribution >= 4 is 17.6 Å². The lowest BCUT2D eigenvalue weighted by atomic mass is 10.2. The number of nitrogens with zero attached hydrogens (tertiary/aromatic N) is 1. The number of aliphatic carboxylic acids is 1. The lowest BCUT2D eigenvalue weighted by Gasteiger charge is -2.20. The highest BCUT2D eigenvalue weighted by Gasteiger charge is 2.30. The Balaban J connectivity index is 2.10. The van der Waals surface area contributed by atoms with Gasteiger partial charge in [-0.25, -0.2) is 4.39 Å². The number of rotatable bonds is 5. The molecule has 1 N–H and O–H groups in total. The SMILES string of the molecule is O=C(O)CN(Cc1cc(F)ccc1Cl)C1CC1. The fraction of sp³-hybridized carbons (Fsp3) is 0.417. The number of carboxylic acids is 1. The highest BCUT2D eigenvalue weighted by atomic mass is 35.5. The molecular weight excluding hydrogens is 245 g/mol. The van der Waals surface area contributed by atoms with Crippen molar-refractivity contribution in [3.05, 3.63) is 34.6 Å². The standard InChI is InChI=1S/C12H13ClFNO2/c13-11-4-1-9(14)5-8(11)6-15(7-12(16)17)10-2-3-10/h1,4-5,10H,2-3,6-7H2,(H,16,17). The van der Waals surface area contributed by atoms with Gasteiger partial charge in [-0.3, -0.25) is 9.69 Å². The first-order valence-corrected chi connectivity index (χ1v) is 5.84. The van der Waals surface area contributed by atoms with E-state index in [1.54, 1.807) is 0 Å². The van der Waals surface area contributed by atoms with Crippen LogP contribution < -0.4 is 0 Å². The molecule has 1 fully saturated rings. The molecule has 0 amide bonds. The Hall–Kier alpha value is -1.13. The molecule has 2 rings (SSSR count). The van der Waals surface area contributed by atoms with Crippen LogP contribution in [0.1, 0.15) is 18.4 Å². The van der Waals surface area contributed by atoms with Crippen LogP contribution in [0.2, 0.25) is 5.02 Å². The largest absolute Gasteiger partial charge is 0.480 e. The quantitative estimate of drug-likeness (QED) is 0.881. The fourth-order valence-electron chi connectivity index (χ4n) is 1.81. The average molecular weight is 258 g/mol. The van der Waals surface area contributed by atoms with Crippen molar-refractivity contribution in [2.24, 2.45) is 0 Å². The van der Waals surface area contributed by atoms with Crippen LogP contribution in [-0.2, 0) is 11.3 Å². The molecule has 0 aromatic heterocycles. The van der Waals surface area contributed by atoms with E-state index in [1.807, 2.05) is 4.90 Å². The third-order valence-electron chi connectivity index (χ3n) is 2.78. The molecule has 0 saturated heterocycles. The van der Waals surface area contributed by atoms with Gasteiger partial charge in [-0.1, -0.05) is 11.6 Å². The van der Waals surface area contributed by atoms with E-state index >= 15 is 0 Å². The van der Waals surface area contributed by atoms with Crippen molar-refractivity contribution in [2.45, 2.75) is 25.4 Å². The summed E-state index contributed by atoms with van der Waals surface area (Å²) in [5.41, 5.74) is 0.639. The molecule has 0 atom stereocenters. The lowest BCUT2D eigenvalue weighted by molar-refractivity contribution is -0.138. The normalized spacial score (nSPS) is 15.2. The Kier molecular flexibility index (Phi) is 3.64. The van der Waals surface area contributed by atoms with E-state index in [2.05, 4.69) is 0 Å². The Morgan fingerprint density at radius 3 is 2.82 bits per heavy atom. The maximum Gasteiger partial charge on any atom is 0.317 e. The second kappa shape index (κ2) is 5.02. The molecule has 5 heteroatoms. The van der Waals surface area contributed by atoms with E-state index in [9.17, 15) is 9.18 Å². The van der Waals surface area contributed by atoms with Gasteiger partial charge in [-0.2, -0.15) is 0 Å². The van der Waals surface area contributed by atoms with Crippen molar-refractivity contribution in [2.75, 3.05) is 6.54 Å². The molecule has 3 nitrogen and oxygen atoms in total. The molecule has 1 aliphatic carbocycles. The maximum absolute atomic E-state index is 13.1. The van der Waals surface area contributed by atoms with Crippen LogP contribution in [0.25, 0.3) is 0 Å². The summed E-state index contributed by atoms with van der Waals surface area (Å²) in [5.74, 6) is -1.22. The molecule has 1 aromatic carbocycles. The van der Waals surface area contributed by atoms with Gasteiger partial charge in [0.15, 0.2) is 0 Å². The van der Waals surface area contributed by atoms with Crippen LogP contribution in [0.3, 0.4) is 0 Å². The van der Waals surface area contributed by atoms with E-state index in [0.717, 1.165) is 12.8 Å². The Bertz CT molecular complexity index is 435. The minimum atomic E-state index is -0.871. The van der Waals surface area contributed by atoms with Crippen LogP contribution in [0.4, 0.5) is 4.39 Å². The first kappa shape index (κ1) is 12.3. The second-order valence-corrected chi connectivity index (χ2v) is 4.67. The molecular formula is C12H13ClFNO2. The smallest absolute Gasteiger partial charge is 0.317 e. The molecule has 1 aromatic rings. The number of carbonyl (C=O) groups is 1. The molecule has 0 aliphatic heterocycles. The van der Waals surface area contributed by atoms with Crippen molar-refractivity contribution in [3.63, 3.8) is 0 Å². The first-order valence-electron chi connectivity index (χ1n) is 5.46. The molecule has 0 heterocycles. The summed E-state index contributed by atoms with van der Waals surface area (Å²) in [7, 11) is 0. The zero-order chi connectivity index (χ0) is 12.4. The minimum Gasteiger partial charge on any atom is -0.480 e. The van der Waals surface area contributed by atoms with Gasteiger partial charge in [0.1, 0.15) is 5.82 Å². The van der Waals surface area contributed by atoms with Gasteiger partial charge in [0.25, 0.3) is 0 Å². The van der Waals surface area contributed by atoms with Crippen molar-refractivity contribution in [1.82, 2.24) is 4.90 Å². The third-order valence-corrected chi connectivity index (χ3v) is 3.15. The molecule has 17 heavy (non-hydrogen) atoms. The van der Waals surface area contributed by atoms with E-state index in [4.69, 9.17) is 16.7 Å². The number of carboxylic acid groups (broad SMARTS) is 1. The molecule has 1 aliphatic rings. The topological polar surface area (TPSA) is 40.5 Å². The molecule has 0 bridgehead atoms. The van der Waals surface area contributed by atoms with Crippen LogP contribution in [0.5, 0.6) is 0 Å². The van der Waals surface area contributed by atoms with Gasteiger partial charge in [0.2, 0.25) is 0 Å². The highest BCUT2D eigenvalue weighted by Crippen LogP contribution is 2.29. The third kappa shape index (κ3) is 3.41. The number of halogens is 2. The Morgan fingerprint density at radius 2 is 2.24 bits per heavy atom. The van der Waals surface area contributed by atoms with E-state index in [-0.39, 0.29) is 12.4 Å². The highest BCUT2D eigenvalue weighted by molar-refractivity contribution is 6.31. The lowest BCUT2D eigenvalue weighted by Crippen LogP contribution is -2.31.